The lowest BCUT2D eigenvalue weighted by Gasteiger charge is -2.14. The normalized spacial score (nSPS) is 12.2. The molecule has 2 aromatic carbocycles. The number of furan rings is 1. The maximum absolute atomic E-state index is 12.7. The Bertz CT molecular complexity index is 1800. The van der Waals surface area contributed by atoms with Crippen LogP contribution in [0, 0.1) is 0 Å². The second-order valence-electron chi connectivity index (χ2n) is 8.99. The van der Waals surface area contributed by atoms with Gasteiger partial charge in [-0.25, -0.2) is 9.48 Å². The number of hydrogen-bond acceptors (Lipinski definition) is 8. The third kappa shape index (κ3) is 4.89. The molecule has 0 radical (unpaired) electrons. The van der Waals surface area contributed by atoms with Crippen LogP contribution < -0.4 is 5.32 Å². The number of carbonyl (C=O) groups excluding carboxylic acids is 1. The SMILES string of the molecule is C[C@@H](OC(=O)Nc1c(-c2cc3sc(-c4ccc5c(CC(=O)O)coc5c4)cc3s2)nnn1C)c1ccccc1. The molecular weight excluding hydrogens is 536 g/mol. The van der Waals surface area contributed by atoms with Crippen molar-refractivity contribution in [2.24, 2.45) is 7.05 Å². The number of fused-ring (bicyclic) bond motifs is 2. The molecule has 11 heteroatoms. The van der Waals surface area contributed by atoms with Gasteiger partial charge in [0.25, 0.3) is 0 Å². The van der Waals surface area contributed by atoms with E-state index in [9.17, 15) is 9.59 Å². The van der Waals surface area contributed by atoms with Gasteiger partial charge in [0.05, 0.1) is 17.6 Å². The van der Waals surface area contributed by atoms with E-state index in [2.05, 4.69) is 21.7 Å². The average molecular weight is 559 g/mol. The summed E-state index contributed by atoms with van der Waals surface area (Å²) in [6.45, 7) is 1.82. The van der Waals surface area contributed by atoms with Gasteiger partial charge >= 0.3 is 12.1 Å². The van der Waals surface area contributed by atoms with Crippen LogP contribution >= 0.6 is 22.7 Å². The first-order chi connectivity index (χ1) is 18.9. The third-order valence-electron chi connectivity index (χ3n) is 6.32. The Morgan fingerprint density at radius 3 is 2.59 bits per heavy atom. The fourth-order valence-corrected chi connectivity index (χ4v) is 6.75. The molecule has 9 nitrogen and oxygen atoms in total. The zero-order valence-electron chi connectivity index (χ0n) is 20.9. The van der Waals surface area contributed by atoms with Crippen LogP contribution in [0.3, 0.4) is 0 Å². The van der Waals surface area contributed by atoms with E-state index in [0.29, 0.717) is 22.7 Å². The van der Waals surface area contributed by atoms with Crippen molar-refractivity contribution in [3.05, 3.63) is 78.1 Å². The first-order valence-corrected chi connectivity index (χ1v) is 13.7. The van der Waals surface area contributed by atoms with Crippen molar-refractivity contribution in [3.63, 3.8) is 0 Å². The Morgan fingerprint density at radius 1 is 1.08 bits per heavy atom. The number of benzene rings is 2. The van der Waals surface area contributed by atoms with E-state index >= 15 is 0 Å². The first kappa shape index (κ1) is 24.8. The molecular formula is C28H22N4O5S2. The summed E-state index contributed by atoms with van der Waals surface area (Å²) in [5, 5.41) is 21.1. The summed E-state index contributed by atoms with van der Waals surface area (Å²) in [5.74, 6) is -0.439. The molecule has 1 amide bonds. The number of rotatable bonds is 7. The highest BCUT2D eigenvalue weighted by molar-refractivity contribution is 7.31. The number of carboxylic acids is 1. The predicted octanol–water partition coefficient (Wildman–Crippen LogP) is 7.11. The number of carbonyl (C=O) groups is 2. The van der Waals surface area contributed by atoms with Crippen LogP contribution in [0.15, 0.2) is 71.3 Å². The van der Waals surface area contributed by atoms with E-state index < -0.39 is 18.2 Å². The number of nitrogens with zero attached hydrogens (tertiary/aromatic N) is 3. The van der Waals surface area contributed by atoms with Gasteiger partial charge in [-0.1, -0.05) is 47.7 Å². The topological polar surface area (TPSA) is 119 Å². The number of anilines is 1. The highest BCUT2D eigenvalue weighted by Crippen LogP contribution is 2.43. The summed E-state index contributed by atoms with van der Waals surface area (Å²) in [5.41, 5.74) is 3.78. The molecule has 2 N–H and O–H groups in total. The molecule has 4 heterocycles. The molecule has 0 unspecified atom stereocenters. The van der Waals surface area contributed by atoms with E-state index in [-0.39, 0.29) is 6.42 Å². The lowest BCUT2D eigenvalue weighted by atomic mass is 10.1. The standard InChI is InChI=1S/C28H22N4O5S2/c1-15(16-6-4-3-5-7-16)37-28(35)29-27-26(30-31-32(27)2)24-13-23-22(39-24)12-21(38-23)17-8-9-19-18(11-25(33)34)14-36-20(19)10-17/h3-10,12-15H,11H2,1-2H3,(H,29,35)(H,33,34)/t15-/m1/s1. The van der Waals surface area contributed by atoms with Crippen LogP contribution in [0.4, 0.5) is 10.6 Å². The van der Waals surface area contributed by atoms with Crippen molar-refractivity contribution >= 4 is 60.9 Å². The Morgan fingerprint density at radius 2 is 1.82 bits per heavy atom. The Labute approximate surface area is 230 Å². The maximum atomic E-state index is 12.7. The van der Waals surface area contributed by atoms with Crippen molar-refractivity contribution in [1.29, 1.82) is 0 Å². The fraction of sp³-hybridized carbons (Fsp3) is 0.143. The van der Waals surface area contributed by atoms with Crippen LogP contribution in [0.1, 0.15) is 24.2 Å². The second kappa shape index (κ2) is 10.0. The summed E-state index contributed by atoms with van der Waals surface area (Å²) in [4.78, 5) is 25.7. The summed E-state index contributed by atoms with van der Waals surface area (Å²) in [6.07, 6.45) is 0.434. The molecule has 4 aromatic heterocycles. The van der Waals surface area contributed by atoms with Crippen LogP contribution in [0.2, 0.25) is 0 Å². The molecule has 0 aliphatic rings. The fourth-order valence-electron chi connectivity index (χ4n) is 4.37. The van der Waals surface area contributed by atoms with E-state index in [1.54, 1.807) is 29.7 Å². The van der Waals surface area contributed by atoms with E-state index in [1.165, 1.54) is 10.9 Å². The van der Waals surface area contributed by atoms with Gasteiger partial charge in [-0.05, 0) is 36.2 Å². The van der Waals surface area contributed by atoms with Crippen molar-refractivity contribution < 1.29 is 23.8 Å². The number of nitrogens with one attached hydrogen (secondary N) is 1. The van der Waals surface area contributed by atoms with Gasteiger partial charge in [0.2, 0.25) is 0 Å². The minimum atomic E-state index is -0.892. The number of aromatic nitrogens is 3. The van der Waals surface area contributed by atoms with Gasteiger partial charge in [0.15, 0.2) is 5.82 Å². The predicted molar refractivity (Wildman–Crippen MR) is 151 cm³/mol. The van der Waals surface area contributed by atoms with E-state index in [1.807, 2.05) is 61.5 Å². The zero-order valence-corrected chi connectivity index (χ0v) is 22.5. The van der Waals surface area contributed by atoms with Gasteiger partial charge in [0, 0.05) is 32.3 Å². The number of amides is 1. The Kier molecular flexibility index (Phi) is 6.37. The first-order valence-electron chi connectivity index (χ1n) is 12.0. The molecule has 0 fully saturated rings. The monoisotopic (exact) mass is 558 g/mol. The minimum absolute atomic E-state index is 0.0765. The van der Waals surface area contributed by atoms with Gasteiger partial charge in [-0.15, -0.1) is 27.8 Å². The highest BCUT2D eigenvalue weighted by atomic mass is 32.1. The van der Waals surface area contributed by atoms with Crippen molar-refractivity contribution in [2.75, 3.05) is 5.32 Å². The molecule has 1 atom stereocenters. The largest absolute Gasteiger partial charge is 0.481 e. The lowest BCUT2D eigenvalue weighted by Crippen LogP contribution is -2.18. The van der Waals surface area contributed by atoms with Gasteiger partial charge < -0.3 is 14.3 Å². The minimum Gasteiger partial charge on any atom is -0.481 e. The Balaban J connectivity index is 1.22. The number of ether oxygens (including phenoxy) is 1. The van der Waals surface area contributed by atoms with Gasteiger partial charge in [0.1, 0.15) is 17.4 Å². The van der Waals surface area contributed by atoms with Crippen LogP contribution in [-0.4, -0.2) is 32.2 Å². The molecule has 196 valence electrons. The van der Waals surface area contributed by atoms with Crippen LogP contribution in [0.5, 0.6) is 0 Å². The maximum Gasteiger partial charge on any atom is 0.413 e. The summed E-state index contributed by atoms with van der Waals surface area (Å²) >= 11 is 3.19. The third-order valence-corrected chi connectivity index (χ3v) is 8.67. The average Bonchev–Trinajstić information content (AvgIpc) is 3.68. The molecule has 0 spiro atoms. The number of hydrogen-bond donors (Lipinski definition) is 2. The van der Waals surface area contributed by atoms with Crippen molar-refractivity contribution in [1.82, 2.24) is 15.0 Å². The van der Waals surface area contributed by atoms with Crippen molar-refractivity contribution in [3.8, 4) is 21.0 Å². The zero-order chi connectivity index (χ0) is 27.1. The molecule has 0 aliphatic heterocycles. The van der Waals surface area contributed by atoms with Gasteiger partial charge in [-0.3, -0.25) is 10.1 Å². The number of aliphatic carboxylic acids is 1. The molecule has 0 saturated carbocycles. The Hall–Kier alpha value is -4.48. The van der Waals surface area contributed by atoms with Gasteiger partial charge in [-0.2, -0.15) is 0 Å². The molecule has 6 aromatic rings. The number of carboxylic acid groups (broad SMARTS) is 1. The molecule has 0 aliphatic carbocycles. The number of thiophene rings is 2. The highest BCUT2D eigenvalue weighted by Gasteiger charge is 2.21. The smallest absolute Gasteiger partial charge is 0.413 e. The lowest BCUT2D eigenvalue weighted by molar-refractivity contribution is -0.136. The van der Waals surface area contributed by atoms with E-state index in [4.69, 9.17) is 14.3 Å². The molecule has 0 bridgehead atoms. The summed E-state index contributed by atoms with van der Waals surface area (Å²) in [7, 11) is 1.72. The van der Waals surface area contributed by atoms with Crippen LogP contribution in [-0.2, 0) is 23.0 Å². The summed E-state index contributed by atoms with van der Waals surface area (Å²) in [6, 6.07) is 19.5. The summed E-state index contributed by atoms with van der Waals surface area (Å²) < 4.78 is 14.9. The molecule has 6 rings (SSSR count). The van der Waals surface area contributed by atoms with Crippen LogP contribution in [0.25, 0.3) is 41.4 Å². The second-order valence-corrected chi connectivity index (χ2v) is 11.2. The molecule has 39 heavy (non-hydrogen) atoms. The quantitative estimate of drug-likeness (QED) is 0.214. The van der Waals surface area contributed by atoms with E-state index in [0.717, 1.165) is 35.7 Å². The van der Waals surface area contributed by atoms with Crippen molar-refractivity contribution in [2.45, 2.75) is 19.4 Å². The molecule has 0 saturated heterocycles. The number of aryl methyl sites for hydroxylation is 1.